The Morgan fingerprint density at radius 2 is 1.58 bits per heavy atom. The summed E-state index contributed by atoms with van der Waals surface area (Å²) in [5, 5.41) is 1.75. The molecule has 1 heterocycles. The minimum atomic E-state index is -0.750. The van der Waals surface area contributed by atoms with Crippen molar-refractivity contribution in [2.75, 3.05) is 0 Å². The third-order valence-electron chi connectivity index (χ3n) is 4.04. The van der Waals surface area contributed by atoms with Crippen LogP contribution in [0.15, 0.2) is 60.7 Å². The van der Waals surface area contributed by atoms with Crippen molar-refractivity contribution in [3.05, 3.63) is 81.1 Å². The van der Waals surface area contributed by atoms with E-state index in [-0.39, 0.29) is 14.9 Å². The van der Waals surface area contributed by atoms with E-state index in [0.29, 0.717) is 11.0 Å². The van der Waals surface area contributed by atoms with Crippen LogP contribution in [0.5, 0.6) is 5.75 Å². The molecule has 3 rings (SSSR count). The molecule has 0 N–H and O–H groups in total. The van der Waals surface area contributed by atoms with E-state index in [4.69, 9.17) is 4.74 Å². The molecule has 2 aromatic rings. The van der Waals surface area contributed by atoms with Crippen molar-refractivity contribution in [2.24, 2.45) is 0 Å². The molecule has 0 bridgehead atoms. The number of hydrogen-bond donors (Lipinski definition) is 0. The Hall–Kier alpha value is -0.677. The Morgan fingerprint density at radius 3 is 2.19 bits per heavy atom. The molecular weight excluding hydrogens is 450 g/mol. The summed E-state index contributed by atoms with van der Waals surface area (Å²) >= 11 is 2.02. The number of halogens is 1. The number of hydrogen-bond acceptors (Lipinski definition) is 1. The van der Waals surface area contributed by atoms with Gasteiger partial charge in [0.2, 0.25) is 5.85 Å². The third kappa shape index (κ3) is 6.49. The van der Waals surface area contributed by atoms with E-state index >= 15 is 0 Å². The summed E-state index contributed by atoms with van der Waals surface area (Å²) in [6, 6.07) is 19.1. The molecule has 2 atom stereocenters. The topological polar surface area (TPSA) is 9.23 Å². The molecule has 2 aromatic carbocycles. The van der Waals surface area contributed by atoms with Crippen LogP contribution in [-0.2, 0) is 17.3 Å². The van der Waals surface area contributed by atoms with Gasteiger partial charge in [-0.3, -0.25) is 0 Å². The van der Waals surface area contributed by atoms with Crippen molar-refractivity contribution >= 4 is 29.0 Å². The first-order valence-electron chi connectivity index (χ1n) is 8.03. The van der Waals surface area contributed by atoms with Crippen LogP contribution in [0, 0.1) is 14.9 Å². The summed E-state index contributed by atoms with van der Waals surface area (Å²) in [5.41, 5.74) is 1.25. The molecule has 144 valence electrons. The Bertz CT molecular complexity index is 667. The molecule has 4 heteroatoms. The Morgan fingerprint density at radius 1 is 1.00 bits per heavy atom. The van der Waals surface area contributed by atoms with Crippen LogP contribution in [0.1, 0.15) is 32.8 Å². The maximum atomic E-state index is 6.28. The fourth-order valence-corrected chi connectivity index (χ4v) is 6.54. The maximum absolute atomic E-state index is 6.28. The fraction of sp³-hybridized carbons (Fsp3) is 0.273. The van der Waals surface area contributed by atoms with Gasteiger partial charge in [0.15, 0.2) is 5.75 Å². The molecule has 0 fully saturated rings. The zero-order valence-corrected chi connectivity index (χ0v) is 19.6. The van der Waals surface area contributed by atoms with E-state index in [1.807, 2.05) is 17.3 Å². The summed E-state index contributed by atoms with van der Waals surface area (Å²) in [6.07, 6.45) is 5.45. The molecule has 1 aliphatic heterocycles. The zero-order valence-electron chi connectivity index (χ0n) is 16.3. The minimum absolute atomic E-state index is 0. The van der Waals surface area contributed by atoms with Crippen molar-refractivity contribution in [3.8, 4) is 5.75 Å². The third-order valence-corrected chi connectivity index (χ3v) is 7.64. The molecule has 0 saturated carbocycles. The second-order valence-corrected chi connectivity index (χ2v) is 10.3. The fourth-order valence-electron chi connectivity index (χ4n) is 3.12. The van der Waals surface area contributed by atoms with Crippen LogP contribution >= 0.6 is 17.6 Å². The molecule has 1 aliphatic rings. The summed E-state index contributed by atoms with van der Waals surface area (Å²) in [4.78, 5) is 0. The van der Waals surface area contributed by atoms with Gasteiger partial charge in [0.05, 0.1) is 13.1 Å². The number of benzene rings is 2. The molecule has 0 spiro atoms. The van der Waals surface area contributed by atoms with E-state index in [2.05, 4.69) is 97.2 Å². The van der Waals surface area contributed by atoms with Gasteiger partial charge in [-0.1, -0.05) is 54.6 Å². The van der Waals surface area contributed by atoms with Crippen molar-refractivity contribution in [2.45, 2.75) is 38.2 Å². The van der Waals surface area contributed by atoms with Crippen LogP contribution in [0.25, 0.3) is 6.08 Å². The van der Waals surface area contributed by atoms with Gasteiger partial charge in [-0.25, -0.2) is 0 Å². The van der Waals surface area contributed by atoms with Gasteiger partial charge in [-0.2, -0.15) is 0 Å². The summed E-state index contributed by atoms with van der Waals surface area (Å²) in [5.74, 6) is 1.42. The Balaban J connectivity index is 0.00000151. The quantitative estimate of drug-likeness (QED) is 0.269. The van der Waals surface area contributed by atoms with E-state index in [1.165, 1.54) is 10.9 Å². The SMILES string of the molecule is CC(C)(C)[PH+]1c2ccccc2O[C@H]1C/C=C/c1ccccc1.[CH3-].[CH3-].[Cl][Rh+2]. The molecule has 0 aliphatic carbocycles. The normalized spacial score (nSPS) is 17.9. The predicted molar refractivity (Wildman–Crippen MR) is 117 cm³/mol. The first kappa shape index (κ1) is 25.3. The van der Waals surface area contributed by atoms with Gasteiger partial charge >= 0.3 is 27.0 Å². The molecular formula is C22H30ClOPRh+. The first-order valence-corrected chi connectivity index (χ1v) is 11.7. The van der Waals surface area contributed by atoms with Crippen molar-refractivity contribution in [1.29, 1.82) is 0 Å². The van der Waals surface area contributed by atoms with Gasteiger partial charge in [-0.15, -0.1) is 0 Å². The van der Waals surface area contributed by atoms with E-state index in [9.17, 15) is 0 Å². The van der Waals surface area contributed by atoms with Gasteiger partial charge in [-0.05, 0) is 38.5 Å². The molecule has 1 nitrogen and oxygen atoms in total. The second kappa shape index (κ2) is 11.9. The molecule has 0 radical (unpaired) electrons. The van der Waals surface area contributed by atoms with E-state index in [0.717, 1.165) is 12.2 Å². The summed E-state index contributed by atoms with van der Waals surface area (Å²) in [7, 11) is 3.78. The van der Waals surface area contributed by atoms with Crippen molar-refractivity contribution in [3.63, 3.8) is 0 Å². The molecule has 0 aromatic heterocycles. The van der Waals surface area contributed by atoms with Gasteiger partial charge in [0, 0.05) is 6.42 Å². The van der Waals surface area contributed by atoms with Crippen LogP contribution < -0.4 is 10.0 Å². The van der Waals surface area contributed by atoms with Gasteiger partial charge < -0.3 is 19.6 Å². The second-order valence-electron chi connectivity index (χ2n) is 6.82. The van der Waals surface area contributed by atoms with Crippen molar-refractivity contribution < 1.29 is 22.0 Å². The number of rotatable bonds is 3. The summed E-state index contributed by atoms with van der Waals surface area (Å²) < 4.78 is 6.28. The Labute approximate surface area is 175 Å². The zero-order chi connectivity index (χ0) is 17.6. The molecule has 0 saturated heterocycles. The average Bonchev–Trinajstić information content (AvgIpc) is 2.96. The average molecular weight is 480 g/mol. The molecule has 1 unspecified atom stereocenters. The number of ether oxygens (including phenoxy) is 1. The molecule has 0 amide bonds. The van der Waals surface area contributed by atoms with Crippen LogP contribution in [0.4, 0.5) is 0 Å². The van der Waals surface area contributed by atoms with Crippen molar-refractivity contribution in [1.82, 2.24) is 0 Å². The number of para-hydroxylation sites is 1. The van der Waals surface area contributed by atoms with E-state index < -0.39 is 7.92 Å². The standard InChI is InChI=1S/C20H23OP.2CH3.ClH.Rh/c1-20(2,3)22-18-14-8-7-13-17(18)21-19(22)15-9-12-16-10-5-4-6-11-16;;;;/h4-14,19H,15H2,1-3H3;2*1H3;1H;/q;2*-1;;+3/b12-9+;;;;/t19-,22?;;;;/m1..../s1. The molecule has 26 heavy (non-hydrogen) atoms. The van der Waals surface area contributed by atoms with E-state index in [1.54, 1.807) is 0 Å². The van der Waals surface area contributed by atoms with Crippen LogP contribution in [0.2, 0.25) is 0 Å². The predicted octanol–water partition coefficient (Wildman–Crippen LogP) is 6.73. The Kier molecular flexibility index (Phi) is 11.6. The number of fused-ring (bicyclic) bond motifs is 1. The summed E-state index contributed by atoms with van der Waals surface area (Å²) in [6.45, 7) is 7.04. The first-order chi connectivity index (χ1) is 11.6. The van der Waals surface area contributed by atoms with Gasteiger partial charge in [0.1, 0.15) is 5.30 Å². The van der Waals surface area contributed by atoms with Crippen LogP contribution in [-0.4, -0.2) is 11.0 Å². The van der Waals surface area contributed by atoms with Gasteiger partial charge in [0.25, 0.3) is 0 Å². The van der Waals surface area contributed by atoms with Crippen LogP contribution in [0.3, 0.4) is 0 Å². The monoisotopic (exact) mass is 479 g/mol.